The molecule has 8 heteroatoms. The summed E-state index contributed by atoms with van der Waals surface area (Å²) in [5.74, 6) is 1.94. The first kappa shape index (κ1) is 23.5. The average molecular weight is 462 g/mol. The predicted octanol–water partition coefficient (Wildman–Crippen LogP) is 3.70. The van der Waals surface area contributed by atoms with E-state index in [4.69, 9.17) is 9.47 Å². The third-order valence-corrected chi connectivity index (χ3v) is 5.70. The van der Waals surface area contributed by atoms with Gasteiger partial charge in [0.25, 0.3) is 5.91 Å². The molecule has 0 aliphatic carbocycles. The van der Waals surface area contributed by atoms with Crippen molar-refractivity contribution in [2.75, 3.05) is 50.1 Å². The van der Waals surface area contributed by atoms with Crippen LogP contribution in [0.3, 0.4) is 0 Å². The topological polar surface area (TPSA) is 79.8 Å². The first-order valence-electron chi connectivity index (χ1n) is 11.6. The zero-order chi connectivity index (χ0) is 23.9. The van der Waals surface area contributed by atoms with Gasteiger partial charge in [0.05, 0.1) is 12.3 Å². The van der Waals surface area contributed by atoms with Gasteiger partial charge in [-0.1, -0.05) is 18.2 Å². The molecular weight excluding hydrogens is 430 g/mol. The molecule has 1 saturated heterocycles. The number of likely N-dealkylation sites (N-methyl/N-ethyl adjacent to an activating group) is 1. The minimum Gasteiger partial charge on any atom is -0.494 e. The van der Waals surface area contributed by atoms with Crippen molar-refractivity contribution < 1.29 is 14.3 Å². The fraction of sp³-hybridized carbons (Fsp3) is 0.346. The molecule has 0 saturated carbocycles. The third kappa shape index (κ3) is 6.02. The summed E-state index contributed by atoms with van der Waals surface area (Å²) in [4.78, 5) is 17.3. The van der Waals surface area contributed by atoms with Gasteiger partial charge in [-0.05, 0) is 57.3 Å². The second-order valence-corrected chi connectivity index (χ2v) is 8.31. The fourth-order valence-electron chi connectivity index (χ4n) is 3.75. The molecule has 1 amide bonds. The summed E-state index contributed by atoms with van der Waals surface area (Å²) in [6.07, 6.45) is -0.678. The standard InChI is InChI=1S/C26H31N5O3/c1-4-33-22-9-6-10-23(18-22)34-19(2)26(32)27-21-8-5-7-20(17-21)24-11-12-25(29-28-24)31-15-13-30(3)14-16-31/h5-12,17-19H,4,13-16H2,1-3H3,(H,27,32). The highest BCUT2D eigenvalue weighted by Crippen LogP contribution is 2.24. The number of aromatic nitrogens is 2. The first-order valence-corrected chi connectivity index (χ1v) is 11.6. The van der Waals surface area contributed by atoms with Gasteiger partial charge in [-0.2, -0.15) is 0 Å². The number of rotatable bonds is 8. The number of carbonyl (C=O) groups is 1. The van der Waals surface area contributed by atoms with Gasteiger partial charge in [0.15, 0.2) is 11.9 Å². The van der Waals surface area contributed by atoms with Gasteiger partial charge in [0.1, 0.15) is 11.5 Å². The number of anilines is 2. The molecular formula is C26H31N5O3. The fourth-order valence-corrected chi connectivity index (χ4v) is 3.75. The van der Waals surface area contributed by atoms with Crippen molar-refractivity contribution in [1.29, 1.82) is 0 Å². The van der Waals surface area contributed by atoms with Crippen molar-refractivity contribution in [3.05, 3.63) is 60.7 Å². The molecule has 4 rings (SSSR count). The van der Waals surface area contributed by atoms with Crippen LogP contribution >= 0.6 is 0 Å². The van der Waals surface area contributed by atoms with Crippen LogP contribution in [-0.4, -0.2) is 66.9 Å². The summed E-state index contributed by atoms with van der Waals surface area (Å²) in [6.45, 7) is 8.14. The van der Waals surface area contributed by atoms with Crippen LogP contribution in [0.15, 0.2) is 60.7 Å². The SMILES string of the molecule is CCOc1cccc(OC(C)C(=O)Nc2cccc(-c3ccc(N4CCN(C)CC4)nn3)c2)c1. The van der Waals surface area contributed by atoms with E-state index in [0.29, 0.717) is 23.8 Å². The minimum atomic E-state index is -0.678. The van der Waals surface area contributed by atoms with Crippen LogP contribution in [0, 0.1) is 0 Å². The number of hydrogen-bond donors (Lipinski definition) is 1. The Bertz CT molecular complexity index is 1100. The molecule has 1 N–H and O–H groups in total. The largest absolute Gasteiger partial charge is 0.494 e. The Hall–Kier alpha value is -3.65. The van der Waals surface area contributed by atoms with Gasteiger partial charge < -0.3 is 24.6 Å². The second-order valence-electron chi connectivity index (χ2n) is 8.31. The zero-order valence-electron chi connectivity index (χ0n) is 19.9. The summed E-state index contributed by atoms with van der Waals surface area (Å²) >= 11 is 0. The van der Waals surface area contributed by atoms with Crippen LogP contribution in [0.4, 0.5) is 11.5 Å². The van der Waals surface area contributed by atoms with E-state index >= 15 is 0 Å². The Morgan fingerprint density at radius 2 is 1.76 bits per heavy atom. The smallest absolute Gasteiger partial charge is 0.265 e. The van der Waals surface area contributed by atoms with Crippen molar-refractivity contribution in [2.45, 2.75) is 20.0 Å². The molecule has 2 heterocycles. The minimum absolute atomic E-state index is 0.240. The van der Waals surface area contributed by atoms with Crippen LogP contribution < -0.4 is 19.7 Å². The van der Waals surface area contributed by atoms with Gasteiger partial charge in [-0.3, -0.25) is 4.79 Å². The van der Waals surface area contributed by atoms with E-state index in [-0.39, 0.29) is 5.91 Å². The molecule has 2 aromatic carbocycles. The molecule has 178 valence electrons. The van der Waals surface area contributed by atoms with E-state index in [1.54, 1.807) is 19.1 Å². The van der Waals surface area contributed by atoms with Crippen molar-refractivity contribution in [3.8, 4) is 22.8 Å². The summed E-state index contributed by atoms with van der Waals surface area (Å²) in [7, 11) is 2.13. The molecule has 3 aromatic rings. The Balaban J connectivity index is 1.38. The highest BCUT2D eigenvalue weighted by molar-refractivity contribution is 5.94. The van der Waals surface area contributed by atoms with Crippen LogP contribution in [-0.2, 0) is 4.79 Å². The molecule has 1 atom stereocenters. The van der Waals surface area contributed by atoms with E-state index in [0.717, 1.165) is 43.3 Å². The van der Waals surface area contributed by atoms with E-state index < -0.39 is 6.10 Å². The van der Waals surface area contributed by atoms with Gasteiger partial charge >= 0.3 is 0 Å². The van der Waals surface area contributed by atoms with Gasteiger partial charge in [0, 0.05) is 43.5 Å². The number of ether oxygens (including phenoxy) is 2. The van der Waals surface area contributed by atoms with Crippen LogP contribution in [0.2, 0.25) is 0 Å². The molecule has 1 aliphatic rings. The monoisotopic (exact) mass is 461 g/mol. The summed E-state index contributed by atoms with van der Waals surface area (Å²) in [5.41, 5.74) is 2.31. The number of carbonyl (C=O) groups excluding carboxylic acids is 1. The molecule has 1 aliphatic heterocycles. The number of nitrogens with zero attached hydrogens (tertiary/aromatic N) is 4. The Morgan fingerprint density at radius 3 is 2.50 bits per heavy atom. The first-order chi connectivity index (χ1) is 16.5. The van der Waals surface area contributed by atoms with Crippen molar-refractivity contribution >= 4 is 17.4 Å². The second kappa shape index (κ2) is 11.0. The lowest BCUT2D eigenvalue weighted by Gasteiger charge is -2.32. The highest BCUT2D eigenvalue weighted by atomic mass is 16.5. The maximum Gasteiger partial charge on any atom is 0.265 e. The van der Waals surface area contributed by atoms with Crippen molar-refractivity contribution in [2.24, 2.45) is 0 Å². The molecule has 1 aromatic heterocycles. The number of benzene rings is 2. The summed E-state index contributed by atoms with van der Waals surface area (Å²) in [5, 5.41) is 11.8. The Kier molecular flexibility index (Phi) is 7.59. The molecule has 8 nitrogen and oxygen atoms in total. The maximum atomic E-state index is 12.7. The van der Waals surface area contributed by atoms with Crippen molar-refractivity contribution in [1.82, 2.24) is 15.1 Å². The predicted molar refractivity (Wildman–Crippen MR) is 134 cm³/mol. The lowest BCUT2D eigenvalue weighted by Crippen LogP contribution is -2.44. The lowest BCUT2D eigenvalue weighted by atomic mass is 10.1. The quantitative estimate of drug-likeness (QED) is 0.548. The van der Waals surface area contributed by atoms with E-state index in [9.17, 15) is 4.79 Å². The molecule has 34 heavy (non-hydrogen) atoms. The van der Waals surface area contributed by atoms with Crippen molar-refractivity contribution in [3.63, 3.8) is 0 Å². The number of piperazine rings is 1. The maximum absolute atomic E-state index is 12.7. The number of hydrogen-bond acceptors (Lipinski definition) is 7. The van der Waals surface area contributed by atoms with Gasteiger partial charge in [-0.15, -0.1) is 10.2 Å². The normalized spacial score (nSPS) is 15.0. The number of nitrogens with one attached hydrogen (secondary N) is 1. The molecule has 0 spiro atoms. The Morgan fingerprint density at radius 1 is 1.00 bits per heavy atom. The van der Waals surface area contributed by atoms with Gasteiger partial charge in [-0.25, -0.2) is 0 Å². The Labute approximate surface area is 200 Å². The van der Waals surface area contributed by atoms with E-state index in [1.165, 1.54) is 0 Å². The number of amides is 1. The molecule has 0 bridgehead atoms. The van der Waals surface area contributed by atoms with E-state index in [2.05, 4.69) is 32.4 Å². The van der Waals surface area contributed by atoms with Gasteiger partial charge in [0.2, 0.25) is 0 Å². The molecule has 1 unspecified atom stereocenters. The summed E-state index contributed by atoms with van der Waals surface area (Å²) in [6, 6.07) is 18.8. The molecule has 1 fully saturated rings. The van der Waals surface area contributed by atoms with E-state index in [1.807, 2.05) is 55.5 Å². The third-order valence-electron chi connectivity index (χ3n) is 5.70. The summed E-state index contributed by atoms with van der Waals surface area (Å²) < 4.78 is 11.3. The lowest BCUT2D eigenvalue weighted by molar-refractivity contribution is -0.122. The molecule has 0 radical (unpaired) electrons. The van der Waals surface area contributed by atoms with Crippen LogP contribution in [0.5, 0.6) is 11.5 Å². The highest BCUT2D eigenvalue weighted by Gasteiger charge is 2.17. The average Bonchev–Trinajstić information content (AvgIpc) is 2.85. The van der Waals surface area contributed by atoms with Crippen LogP contribution in [0.25, 0.3) is 11.3 Å². The zero-order valence-corrected chi connectivity index (χ0v) is 19.9. The van der Waals surface area contributed by atoms with Crippen LogP contribution in [0.1, 0.15) is 13.8 Å².